The van der Waals surface area contributed by atoms with Gasteiger partial charge in [-0.25, -0.2) is 0 Å². The Balaban J connectivity index is 3.28. The van der Waals surface area contributed by atoms with Crippen molar-refractivity contribution in [2.45, 2.75) is 20.0 Å². The molecule has 0 aliphatic heterocycles. The van der Waals surface area contributed by atoms with Crippen LogP contribution in [0.4, 0.5) is 0 Å². The largest absolute Gasteiger partial charge is 0.496 e. The number of benzene rings is 1. The molecule has 3 nitrogen and oxygen atoms in total. The van der Waals surface area contributed by atoms with Gasteiger partial charge in [0.1, 0.15) is 11.5 Å². The molecule has 0 fully saturated rings. The number of rotatable bonds is 4. The highest BCUT2D eigenvalue weighted by molar-refractivity contribution is 5.48. The van der Waals surface area contributed by atoms with E-state index in [4.69, 9.17) is 9.47 Å². The minimum absolute atomic E-state index is 0.0243. The smallest absolute Gasteiger partial charge is 0.124 e. The molecule has 14 heavy (non-hydrogen) atoms. The van der Waals surface area contributed by atoms with Crippen LogP contribution in [0, 0.1) is 0 Å². The van der Waals surface area contributed by atoms with Crippen LogP contribution >= 0.6 is 0 Å². The van der Waals surface area contributed by atoms with Crippen molar-refractivity contribution in [3.8, 4) is 11.5 Å². The molecule has 0 radical (unpaired) electrons. The fourth-order valence-corrected chi connectivity index (χ4v) is 1.59. The number of methoxy groups -OCH3 is 2. The van der Waals surface area contributed by atoms with E-state index in [0.29, 0.717) is 5.75 Å². The van der Waals surface area contributed by atoms with Crippen LogP contribution in [0.15, 0.2) is 12.1 Å². The van der Waals surface area contributed by atoms with Gasteiger partial charge in [0.05, 0.1) is 20.8 Å². The number of aliphatic hydroxyl groups is 1. The van der Waals surface area contributed by atoms with E-state index in [1.165, 1.54) is 0 Å². The predicted molar refractivity (Wildman–Crippen MR) is 54.8 cm³/mol. The van der Waals surface area contributed by atoms with Crippen molar-refractivity contribution >= 4 is 0 Å². The zero-order chi connectivity index (χ0) is 10.6. The van der Waals surface area contributed by atoms with Crippen LogP contribution in [0.3, 0.4) is 0 Å². The van der Waals surface area contributed by atoms with Gasteiger partial charge in [-0.05, 0) is 18.6 Å². The summed E-state index contributed by atoms with van der Waals surface area (Å²) < 4.78 is 10.4. The predicted octanol–water partition coefficient (Wildman–Crippen LogP) is 1.76. The quantitative estimate of drug-likeness (QED) is 0.797. The van der Waals surface area contributed by atoms with Crippen LogP contribution in [-0.2, 0) is 13.0 Å². The lowest BCUT2D eigenvalue weighted by atomic mass is 10.0. The molecular formula is C11H16O3. The molecule has 1 aromatic carbocycles. The van der Waals surface area contributed by atoms with Gasteiger partial charge in [-0.2, -0.15) is 0 Å². The topological polar surface area (TPSA) is 38.7 Å². The Morgan fingerprint density at radius 3 is 1.93 bits per heavy atom. The lowest BCUT2D eigenvalue weighted by molar-refractivity contribution is 0.271. The normalized spacial score (nSPS) is 10.0. The van der Waals surface area contributed by atoms with Crippen LogP contribution in [-0.4, -0.2) is 19.3 Å². The highest BCUT2D eigenvalue weighted by Gasteiger charge is 2.11. The third-order valence-electron chi connectivity index (χ3n) is 2.30. The first-order valence-corrected chi connectivity index (χ1v) is 4.62. The third kappa shape index (κ3) is 1.82. The number of ether oxygens (including phenoxy) is 2. The highest BCUT2D eigenvalue weighted by Crippen LogP contribution is 2.30. The van der Waals surface area contributed by atoms with Gasteiger partial charge in [-0.1, -0.05) is 6.92 Å². The van der Waals surface area contributed by atoms with Crippen molar-refractivity contribution in [2.75, 3.05) is 14.2 Å². The molecule has 0 aromatic heterocycles. The maximum absolute atomic E-state index is 9.25. The van der Waals surface area contributed by atoms with E-state index in [0.717, 1.165) is 23.3 Å². The summed E-state index contributed by atoms with van der Waals surface area (Å²) in [6.07, 6.45) is 0.816. The van der Waals surface area contributed by atoms with E-state index < -0.39 is 0 Å². The van der Waals surface area contributed by atoms with Gasteiger partial charge in [-0.3, -0.25) is 0 Å². The van der Waals surface area contributed by atoms with Gasteiger partial charge < -0.3 is 14.6 Å². The minimum Gasteiger partial charge on any atom is -0.496 e. The summed E-state index contributed by atoms with van der Waals surface area (Å²) >= 11 is 0. The molecule has 0 saturated carbocycles. The minimum atomic E-state index is -0.0243. The summed E-state index contributed by atoms with van der Waals surface area (Å²) in [7, 11) is 3.22. The lowest BCUT2D eigenvalue weighted by Crippen LogP contribution is -2.00. The Morgan fingerprint density at radius 1 is 1.07 bits per heavy atom. The fourth-order valence-electron chi connectivity index (χ4n) is 1.59. The Labute approximate surface area is 84.3 Å². The Bertz CT molecular complexity index is 277. The summed E-state index contributed by atoms with van der Waals surface area (Å²) in [5.41, 5.74) is 1.82. The molecule has 0 spiro atoms. The van der Waals surface area contributed by atoms with Gasteiger partial charge in [-0.15, -0.1) is 0 Å². The van der Waals surface area contributed by atoms with E-state index in [2.05, 4.69) is 0 Å². The van der Waals surface area contributed by atoms with E-state index in [9.17, 15) is 5.11 Å². The average molecular weight is 196 g/mol. The molecule has 78 valence electrons. The van der Waals surface area contributed by atoms with Crippen molar-refractivity contribution < 1.29 is 14.6 Å². The molecule has 0 unspecified atom stereocenters. The summed E-state index contributed by atoms with van der Waals surface area (Å²) in [4.78, 5) is 0. The van der Waals surface area contributed by atoms with Gasteiger partial charge >= 0.3 is 0 Å². The van der Waals surface area contributed by atoms with Crippen molar-refractivity contribution in [3.05, 3.63) is 23.3 Å². The fraction of sp³-hybridized carbons (Fsp3) is 0.455. The molecule has 1 aromatic rings. The standard InChI is InChI=1S/C11H16O3/c1-4-8-9(7-12)11(14-3)6-5-10(8)13-2/h5-6,12H,4,7H2,1-3H3. The van der Waals surface area contributed by atoms with Crippen LogP contribution in [0.5, 0.6) is 11.5 Å². The molecule has 0 aliphatic rings. The molecule has 0 aliphatic carbocycles. The van der Waals surface area contributed by atoms with Crippen LogP contribution in [0.2, 0.25) is 0 Å². The van der Waals surface area contributed by atoms with Crippen molar-refractivity contribution in [2.24, 2.45) is 0 Å². The zero-order valence-electron chi connectivity index (χ0n) is 8.83. The van der Waals surface area contributed by atoms with Gasteiger partial charge in [0.15, 0.2) is 0 Å². The van der Waals surface area contributed by atoms with Gasteiger partial charge in [0, 0.05) is 11.1 Å². The second-order valence-electron chi connectivity index (χ2n) is 2.94. The highest BCUT2D eigenvalue weighted by atomic mass is 16.5. The van der Waals surface area contributed by atoms with Crippen molar-refractivity contribution in [1.29, 1.82) is 0 Å². The Morgan fingerprint density at radius 2 is 1.57 bits per heavy atom. The summed E-state index contributed by atoms with van der Waals surface area (Å²) in [6, 6.07) is 3.67. The Hall–Kier alpha value is -1.22. The molecule has 0 amide bonds. The summed E-state index contributed by atoms with van der Waals surface area (Å²) in [5.74, 6) is 1.52. The summed E-state index contributed by atoms with van der Waals surface area (Å²) in [6.45, 7) is 2.00. The zero-order valence-corrected chi connectivity index (χ0v) is 8.83. The first-order valence-electron chi connectivity index (χ1n) is 4.62. The monoisotopic (exact) mass is 196 g/mol. The van der Waals surface area contributed by atoms with Gasteiger partial charge in [0.25, 0.3) is 0 Å². The number of hydrogen-bond acceptors (Lipinski definition) is 3. The Kier molecular flexibility index (Phi) is 3.77. The van der Waals surface area contributed by atoms with Gasteiger partial charge in [0.2, 0.25) is 0 Å². The molecule has 3 heteroatoms. The maximum atomic E-state index is 9.25. The van der Waals surface area contributed by atoms with Crippen LogP contribution in [0.1, 0.15) is 18.1 Å². The molecular weight excluding hydrogens is 180 g/mol. The number of hydrogen-bond donors (Lipinski definition) is 1. The van der Waals surface area contributed by atoms with E-state index >= 15 is 0 Å². The van der Waals surface area contributed by atoms with Crippen LogP contribution < -0.4 is 9.47 Å². The maximum Gasteiger partial charge on any atom is 0.124 e. The SMILES string of the molecule is CCc1c(OC)ccc(OC)c1CO. The molecule has 0 saturated heterocycles. The van der Waals surface area contributed by atoms with E-state index in [1.54, 1.807) is 14.2 Å². The molecule has 1 N–H and O–H groups in total. The van der Waals surface area contributed by atoms with E-state index in [1.807, 2.05) is 19.1 Å². The van der Waals surface area contributed by atoms with Crippen molar-refractivity contribution in [1.82, 2.24) is 0 Å². The lowest BCUT2D eigenvalue weighted by Gasteiger charge is -2.14. The van der Waals surface area contributed by atoms with E-state index in [-0.39, 0.29) is 6.61 Å². The van der Waals surface area contributed by atoms with Crippen LogP contribution in [0.25, 0.3) is 0 Å². The van der Waals surface area contributed by atoms with Crippen molar-refractivity contribution in [3.63, 3.8) is 0 Å². The number of aliphatic hydroxyl groups excluding tert-OH is 1. The second kappa shape index (κ2) is 4.86. The first-order chi connectivity index (χ1) is 6.78. The molecule has 0 atom stereocenters. The molecule has 0 heterocycles. The molecule has 0 bridgehead atoms. The second-order valence-corrected chi connectivity index (χ2v) is 2.94. The first kappa shape index (κ1) is 10.9. The third-order valence-corrected chi connectivity index (χ3v) is 2.30. The average Bonchev–Trinajstić information content (AvgIpc) is 2.26. The molecule has 1 rings (SSSR count). The summed E-state index contributed by atoms with van der Waals surface area (Å²) in [5, 5.41) is 9.25.